The van der Waals surface area contributed by atoms with E-state index in [0.717, 1.165) is 6.26 Å². The first kappa shape index (κ1) is 17.7. The van der Waals surface area contributed by atoms with Crippen LogP contribution < -0.4 is 5.32 Å². The van der Waals surface area contributed by atoms with Gasteiger partial charge in [-0.25, -0.2) is 13.2 Å². The molecular weight excluding hydrogens is 330 g/mol. The van der Waals surface area contributed by atoms with Crippen molar-refractivity contribution in [1.82, 2.24) is 0 Å². The van der Waals surface area contributed by atoms with E-state index in [4.69, 9.17) is 0 Å². The number of hydrogen-bond donors (Lipinski definition) is 1. The number of carbonyl (C=O) groups is 2. The molecule has 0 saturated heterocycles. The standard InChI is InChI=1S/C17H17NO5S/c1-23-17(20)13-5-7-14(8-6-13)18-16(19)11-12-3-9-15(10-4-12)24(2,21)22/h3-10H,11H2,1-2H3,(H,18,19). The molecule has 24 heavy (non-hydrogen) atoms. The topological polar surface area (TPSA) is 89.5 Å². The molecule has 0 radical (unpaired) electrons. The normalized spacial score (nSPS) is 10.9. The maximum absolute atomic E-state index is 12.0. The number of hydrogen-bond acceptors (Lipinski definition) is 5. The van der Waals surface area contributed by atoms with Crippen LogP contribution in [-0.2, 0) is 25.8 Å². The summed E-state index contributed by atoms with van der Waals surface area (Å²) in [4.78, 5) is 23.6. The molecule has 0 saturated carbocycles. The Labute approximate surface area is 140 Å². The summed E-state index contributed by atoms with van der Waals surface area (Å²) in [6.07, 6.45) is 1.25. The van der Waals surface area contributed by atoms with E-state index in [0.29, 0.717) is 16.8 Å². The Morgan fingerprint density at radius 1 is 1.00 bits per heavy atom. The smallest absolute Gasteiger partial charge is 0.337 e. The summed E-state index contributed by atoms with van der Waals surface area (Å²) < 4.78 is 27.4. The second kappa shape index (κ2) is 7.27. The van der Waals surface area contributed by atoms with Crippen molar-refractivity contribution in [2.45, 2.75) is 11.3 Å². The molecule has 0 atom stereocenters. The van der Waals surface area contributed by atoms with Crippen molar-refractivity contribution >= 4 is 27.4 Å². The summed E-state index contributed by atoms with van der Waals surface area (Å²) >= 11 is 0. The van der Waals surface area contributed by atoms with Gasteiger partial charge in [-0.1, -0.05) is 12.1 Å². The Hall–Kier alpha value is -2.67. The molecule has 126 valence electrons. The van der Waals surface area contributed by atoms with Crippen molar-refractivity contribution in [2.24, 2.45) is 0 Å². The van der Waals surface area contributed by atoms with Gasteiger partial charge in [-0.3, -0.25) is 4.79 Å². The van der Waals surface area contributed by atoms with Gasteiger partial charge in [0.2, 0.25) is 5.91 Å². The lowest BCUT2D eigenvalue weighted by Crippen LogP contribution is -2.14. The van der Waals surface area contributed by atoms with E-state index in [1.807, 2.05) is 0 Å². The summed E-state index contributed by atoms with van der Waals surface area (Å²) in [5.74, 6) is -0.688. The maximum atomic E-state index is 12.0. The molecule has 0 aliphatic carbocycles. The van der Waals surface area contributed by atoms with Crippen LogP contribution in [0.3, 0.4) is 0 Å². The Morgan fingerprint density at radius 2 is 1.58 bits per heavy atom. The van der Waals surface area contributed by atoms with Gasteiger partial charge in [0.25, 0.3) is 0 Å². The van der Waals surface area contributed by atoms with Gasteiger partial charge in [0, 0.05) is 11.9 Å². The van der Waals surface area contributed by atoms with Crippen LogP contribution in [0.25, 0.3) is 0 Å². The van der Waals surface area contributed by atoms with E-state index in [1.54, 1.807) is 36.4 Å². The van der Waals surface area contributed by atoms with E-state index >= 15 is 0 Å². The first-order valence-electron chi connectivity index (χ1n) is 7.07. The van der Waals surface area contributed by atoms with Gasteiger partial charge in [0.15, 0.2) is 9.84 Å². The van der Waals surface area contributed by atoms with E-state index in [1.165, 1.54) is 19.2 Å². The van der Waals surface area contributed by atoms with Crippen LogP contribution in [0.4, 0.5) is 5.69 Å². The highest BCUT2D eigenvalue weighted by Crippen LogP contribution is 2.13. The molecule has 0 unspecified atom stereocenters. The van der Waals surface area contributed by atoms with E-state index in [2.05, 4.69) is 10.1 Å². The lowest BCUT2D eigenvalue weighted by atomic mass is 10.1. The number of ether oxygens (including phenoxy) is 1. The van der Waals surface area contributed by atoms with Crippen LogP contribution in [0.5, 0.6) is 0 Å². The Kier molecular flexibility index (Phi) is 5.35. The monoisotopic (exact) mass is 347 g/mol. The molecule has 0 spiro atoms. The van der Waals surface area contributed by atoms with E-state index in [-0.39, 0.29) is 17.2 Å². The number of benzene rings is 2. The molecule has 2 aromatic rings. The summed E-state index contributed by atoms with van der Waals surface area (Å²) in [5.41, 5.74) is 1.65. The average molecular weight is 347 g/mol. The minimum Gasteiger partial charge on any atom is -0.465 e. The number of methoxy groups -OCH3 is 1. The lowest BCUT2D eigenvalue weighted by molar-refractivity contribution is -0.115. The SMILES string of the molecule is COC(=O)c1ccc(NC(=O)Cc2ccc(S(C)(=O)=O)cc2)cc1. The minimum atomic E-state index is -3.25. The largest absolute Gasteiger partial charge is 0.465 e. The average Bonchev–Trinajstić information content (AvgIpc) is 2.54. The zero-order valence-electron chi connectivity index (χ0n) is 13.3. The van der Waals surface area contributed by atoms with Gasteiger partial charge in [-0.2, -0.15) is 0 Å². The third-order valence-corrected chi connectivity index (χ3v) is 4.43. The van der Waals surface area contributed by atoms with Gasteiger partial charge in [0.05, 0.1) is 24.0 Å². The molecule has 0 fully saturated rings. The zero-order chi connectivity index (χ0) is 17.7. The van der Waals surface area contributed by atoms with Gasteiger partial charge in [0.1, 0.15) is 0 Å². The van der Waals surface area contributed by atoms with Crippen LogP contribution in [0, 0.1) is 0 Å². The minimum absolute atomic E-state index is 0.114. The lowest BCUT2D eigenvalue weighted by Gasteiger charge is -2.07. The van der Waals surface area contributed by atoms with E-state index < -0.39 is 15.8 Å². The number of amides is 1. The number of rotatable bonds is 5. The Balaban J connectivity index is 1.99. The van der Waals surface area contributed by atoms with Crippen LogP contribution in [-0.4, -0.2) is 33.7 Å². The summed E-state index contributed by atoms with van der Waals surface area (Å²) in [6, 6.07) is 12.5. The summed E-state index contributed by atoms with van der Waals surface area (Å²) in [5, 5.41) is 2.71. The van der Waals surface area contributed by atoms with Gasteiger partial charge in [-0.15, -0.1) is 0 Å². The molecule has 0 heterocycles. The van der Waals surface area contributed by atoms with Gasteiger partial charge >= 0.3 is 5.97 Å². The molecule has 0 aliphatic heterocycles. The first-order chi connectivity index (χ1) is 11.3. The third-order valence-electron chi connectivity index (χ3n) is 3.31. The zero-order valence-corrected chi connectivity index (χ0v) is 14.1. The number of carbonyl (C=O) groups excluding carboxylic acids is 2. The molecule has 1 N–H and O–H groups in total. The van der Waals surface area contributed by atoms with Crippen molar-refractivity contribution in [2.75, 3.05) is 18.7 Å². The number of anilines is 1. The van der Waals surface area contributed by atoms with Crippen molar-refractivity contribution in [3.05, 3.63) is 59.7 Å². The van der Waals surface area contributed by atoms with E-state index in [9.17, 15) is 18.0 Å². The van der Waals surface area contributed by atoms with Crippen LogP contribution in [0.2, 0.25) is 0 Å². The fourth-order valence-corrected chi connectivity index (χ4v) is 2.68. The number of nitrogens with one attached hydrogen (secondary N) is 1. The van der Waals surface area contributed by atoms with Gasteiger partial charge in [-0.05, 0) is 42.0 Å². The predicted octanol–water partition coefficient (Wildman–Crippen LogP) is 2.06. The van der Waals surface area contributed by atoms with Gasteiger partial charge < -0.3 is 10.1 Å². The predicted molar refractivity (Wildman–Crippen MR) is 89.7 cm³/mol. The highest BCUT2D eigenvalue weighted by atomic mass is 32.2. The molecule has 0 aliphatic rings. The first-order valence-corrected chi connectivity index (χ1v) is 8.96. The number of sulfone groups is 1. The summed E-state index contributed by atoms with van der Waals surface area (Å²) in [6.45, 7) is 0. The highest BCUT2D eigenvalue weighted by Gasteiger charge is 2.09. The highest BCUT2D eigenvalue weighted by molar-refractivity contribution is 7.90. The van der Waals surface area contributed by atoms with Crippen LogP contribution in [0.1, 0.15) is 15.9 Å². The quantitative estimate of drug-likeness (QED) is 0.836. The molecule has 2 aromatic carbocycles. The second-order valence-electron chi connectivity index (χ2n) is 5.21. The molecule has 0 bridgehead atoms. The van der Waals surface area contributed by atoms with Crippen molar-refractivity contribution in [3.63, 3.8) is 0 Å². The van der Waals surface area contributed by atoms with Crippen LogP contribution >= 0.6 is 0 Å². The molecular formula is C17H17NO5S. The second-order valence-corrected chi connectivity index (χ2v) is 7.23. The fourth-order valence-electron chi connectivity index (χ4n) is 2.05. The Morgan fingerprint density at radius 3 is 2.08 bits per heavy atom. The van der Waals surface area contributed by atoms with Crippen molar-refractivity contribution < 1.29 is 22.7 Å². The molecule has 6 nitrogen and oxygen atoms in total. The Bertz CT molecular complexity index is 840. The molecule has 7 heteroatoms. The maximum Gasteiger partial charge on any atom is 0.337 e. The van der Waals surface area contributed by atoms with Crippen molar-refractivity contribution in [3.8, 4) is 0 Å². The third kappa shape index (κ3) is 4.66. The van der Waals surface area contributed by atoms with Crippen LogP contribution in [0.15, 0.2) is 53.4 Å². The van der Waals surface area contributed by atoms with Crippen molar-refractivity contribution in [1.29, 1.82) is 0 Å². The summed E-state index contributed by atoms with van der Waals surface area (Å²) in [7, 11) is -1.95. The fraction of sp³-hybridized carbons (Fsp3) is 0.176. The molecule has 1 amide bonds. The number of esters is 1. The molecule has 0 aromatic heterocycles. The molecule has 2 rings (SSSR count).